The summed E-state index contributed by atoms with van der Waals surface area (Å²) < 4.78 is 0. The number of benzene rings is 2. The van der Waals surface area contributed by atoms with Gasteiger partial charge in [0.25, 0.3) is 5.91 Å². The van der Waals surface area contributed by atoms with Gasteiger partial charge in [-0.05, 0) is 42.8 Å². The Bertz CT molecular complexity index is 695. The molecule has 124 valence electrons. The lowest BCUT2D eigenvalue weighted by Crippen LogP contribution is -2.29. The lowest BCUT2D eigenvalue weighted by molar-refractivity contribution is 0.0956. The number of carbonyl (C=O) groups is 1. The summed E-state index contributed by atoms with van der Waals surface area (Å²) in [6.07, 6.45) is 3.17. The number of amides is 1. The summed E-state index contributed by atoms with van der Waals surface area (Å²) in [5.74, 6) is 0.905. The topological polar surface area (TPSA) is 41.1 Å². The molecule has 1 aliphatic rings. The average Bonchev–Trinajstić information content (AvgIpc) is 2.66. The first-order chi connectivity index (χ1) is 11.8. The number of rotatable bonds is 6. The van der Waals surface area contributed by atoms with Crippen LogP contribution >= 0.6 is 11.8 Å². The smallest absolute Gasteiger partial charge is 0.251 e. The van der Waals surface area contributed by atoms with Gasteiger partial charge in [-0.3, -0.25) is 4.79 Å². The van der Waals surface area contributed by atoms with Crippen molar-refractivity contribution in [3.05, 3.63) is 77.4 Å². The highest BCUT2D eigenvalue weighted by molar-refractivity contribution is 7.98. The van der Waals surface area contributed by atoms with E-state index in [9.17, 15) is 4.79 Å². The molecule has 2 N–H and O–H groups in total. The molecule has 0 saturated carbocycles. The van der Waals surface area contributed by atoms with Gasteiger partial charge >= 0.3 is 0 Å². The minimum Gasteiger partial charge on any atom is -0.348 e. The molecular formula is C20H22N2OS. The summed E-state index contributed by atoms with van der Waals surface area (Å²) in [6, 6.07) is 18.2. The Morgan fingerprint density at radius 3 is 2.58 bits per heavy atom. The van der Waals surface area contributed by atoms with E-state index in [2.05, 4.69) is 28.8 Å². The Morgan fingerprint density at radius 2 is 1.88 bits per heavy atom. The number of thioether (sulfide) groups is 1. The van der Waals surface area contributed by atoms with Gasteiger partial charge in [0, 0.05) is 29.3 Å². The molecule has 0 atom stereocenters. The fraction of sp³-hybridized carbons (Fsp3) is 0.250. The maximum Gasteiger partial charge on any atom is 0.251 e. The highest BCUT2D eigenvalue weighted by Gasteiger charge is 2.08. The molecule has 0 spiro atoms. The molecule has 0 saturated heterocycles. The van der Waals surface area contributed by atoms with E-state index in [0.717, 1.165) is 30.8 Å². The summed E-state index contributed by atoms with van der Waals surface area (Å²) in [6.45, 7) is 2.54. The van der Waals surface area contributed by atoms with Crippen LogP contribution in [0.3, 0.4) is 0 Å². The Labute approximate surface area is 147 Å². The van der Waals surface area contributed by atoms with Gasteiger partial charge < -0.3 is 10.6 Å². The van der Waals surface area contributed by atoms with Crippen molar-refractivity contribution in [1.82, 2.24) is 10.6 Å². The first-order valence-corrected chi connectivity index (χ1v) is 9.23. The van der Waals surface area contributed by atoms with Crippen LogP contribution in [0.15, 0.2) is 71.1 Å². The van der Waals surface area contributed by atoms with Crippen molar-refractivity contribution in [2.24, 2.45) is 0 Å². The van der Waals surface area contributed by atoms with E-state index in [0.29, 0.717) is 6.54 Å². The molecule has 2 aromatic rings. The molecule has 24 heavy (non-hydrogen) atoms. The van der Waals surface area contributed by atoms with E-state index in [1.807, 2.05) is 42.5 Å². The van der Waals surface area contributed by atoms with Crippen LogP contribution in [0.1, 0.15) is 22.3 Å². The summed E-state index contributed by atoms with van der Waals surface area (Å²) in [7, 11) is 0. The molecule has 0 unspecified atom stereocenters. The first kappa shape index (κ1) is 16.8. The lowest BCUT2D eigenvalue weighted by atomic mass is 10.1. The molecule has 1 amide bonds. The van der Waals surface area contributed by atoms with Crippen molar-refractivity contribution in [1.29, 1.82) is 0 Å². The van der Waals surface area contributed by atoms with Crippen LogP contribution < -0.4 is 10.6 Å². The van der Waals surface area contributed by atoms with Crippen LogP contribution in [0.25, 0.3) is 0 Å². The van der Waals surface area contributed by atoms with Crippen molar-refractivity contribution < 1.29 is 4.79 Å². The number of nitrogens with one attached hydrogen (secondary N) is 2. The van der Waals surface area contributed by atoms with Gasteiger partial charge in [0.1, 0.15) is 0 Å². The van der Waals surface area contributed by atoms with E-state index < -0.39 is 0 Å². The molecule has 3 nitrogen and oxygen atoms in total. The predicted molar refractivity (Wildman–Crippen MR) is 100 cm³/mol. The van der Waals surface area contributed by atoms with Crippen LogP contribution in [-0.2, 0) is 5.75 Å². The molecule has 0 fully saturated rings. The summed E-state index contributed by atoms with van der Waals surface area (Å²) in [5.41, 5.74) is 3.25. The van der Waals surface area contributed by atoms with Gasteiger partial charge in [-0.15, -0.1) is 11.8 Å². The quantitative estimate of drug-likeness (QED) is 0.624. The highest BCUT2D eigenvalue weighted by Crippen LogP contribution is 2.22. The van der Waals surface area contributed by atoms with E-state index >= 15 is 0 Å². The van der Waals surface area contributed by atoms with Gasteiger partial charge in [0.2, 0.25) is 0 Å². The Balaban J connectivity index is 1.50. The molecule has 0 radical (unpaired) electrons. The fourth-order valence-electron chi connectivity index (χ4n) is 2.56. The Kier molecular flexibility index (Phi) is 6.10. The van der Waals surface area contributed by atoms with E-state index in [1.54, 1.807) is 11.8 Å². The van der Waals surface area contributed by atoms with Gasteiger partial charge in [-0.25, -0.2) is 0 Å². The predicted octanol–water partition coefficient (Wildman–Crippen LogP) is 3.63. The lowest BCUT2D eigenvalue weighted by Gasteiger charge is -2.14. The van der Waals surface area contributed by atoms with Crippen molar-refractivity contribution >= 4 is 17.7 Å². The molecule has 1 aliphatic heterocycles. The monoisotopic (exact) mass is 338 g/mol. The second kappa shape index (κ2) is 8.71. The zero-order valence-electron chi connectivity index (χ0n) is 13.6. The SMILES string of the molecule is O=C(NCC1=CCNCC1)c1ccc(CSc2ccccc2)cc1. The third kappa shape index (κ3) is 4.98. The van der Waals surface area contributed by atoms with Crippen molar-refractivity contribution in [3.8, 4) is 0 Å². The summed E-state index contributed by atoms with van der Waals surface area (Å²) in [5, 5.41) is 6.28. The standard InChI is InChI=1S/C20H22N2OS/c23-20(22-14-16-10-12-21-13-11-16)18-8-6-17(7-9-18)15-24-19-4-2-1-3-5-19/h1-10,21H,11-15H2,(H,22,23). The van der Waals surface area contributed by atoms with Crippen molar-refractivity contribution in [2.45, 2.75) is 17.1 Å². The molecule has 1 heterocycles. The average molecular weight is 338 g/mol. The summed E-state index contributed by atoms with van der Waals surface area (Å²) in [4.78, 5) is 13.5. The van der Waals surface area contributed by atoms with Crippen LogP contribution in [0.4, 0.5) is 0 Å². The largest absolute Gasteiger partial charge is 0.348 e. The van der Waals surface area contributed by atoms with Gasteiger partial charge in [-0.1, -0.05) is 42.0 Å². The molecule has 0 bridgehead atoms. The number of carbonyl (C=O) groups excluding carboxylic acids is 1. The normalized spacial score (nSPS) is 14.1. The third-order valence-electron chi connectivity index (χ3n) is 4.00. The maximum absolute atomic E-state index is 12.2. The highest BCUT2D eigenvalue weighted by atomic mass is 32.2. The van der Waals surface area contributed by atoms with Crippen molar-refractivity contribution in [3.63, 3.8) is 0 Å². The van der Waals surface area contributed by atoms with Crippen LogP contribution in [0.5, 0.6) is 0 Å². The number of hydrogen-bond acceptors (Lipinski definition) is 3. The molecule has 0 aromatic heterocycles. The molecule has 4 heteroatoms. The van der Waals surface area contributed by atoms with E-state index in [4.69, 9.17) is 0 Å². The summed E-state index contributed by atoms with van der Waals surface area (Å²) >= 11 is 1.80. The Hall–Kier alpha value is -2.04. The molecule has 0 aliphatic carbocycles. The fourth-order valence-corrected chi connectivity index (χ4v) is 3.44. The van der Waals surface area contributed by atoms with E-state index in [-0.39, 0.29) is 5.91 Å². The van der Waals surface area contributed by atoms with E-state index in [1.165, 1.54) is 16.0 Å². The third-order valence-corrected chi connectivity index (χ3v) is 5.08. The second-order valence-corrected chi connectivity index (χ2v) is 6.85. The number of hydrogen-bond donors (Lipinski definition) is 2. The second-order valence-electron chi connectivity index (χ2n) is 5.80. The van der Waals surface area contributed by atoms with Crippen LogP contribution in [0.2, 0.25) is 0 Å². The molecular weight excluding hydrogens is 316 g/mol. The Morgan fingerprint density at radius 1 is 1.08 bits per heavy atom. The maximum atomic E-state index is 12.2. The minimum atomic E-state index is -0.00306. The zero-order chi connectivity index (χ0) is 16.6. The zero-order valence-corrected chi connectivity index (χ0v) is 14.4. The van der Waals surface area contributed by atoms with Crippen LogP contribution in [-0.4, -0.2) is 25.5 Å². The minimum absolute atomic E-state index is 0.00306. The van der Waals surface area contributed by atoms with Crippen LogP contribution in [0, 0.1) is 0 Å². The first-order valence-electron chi connectivity index (χ1n) is 8.25. The van der Waals surface area contributed by atoms with Crippen molar-refractivity contribution in [2.75, 3.05) is 19.6 Å². The van der Waals surface area contributed by atoms with Gasteiger partial charge in [0.05, 0.1) is 0 Å². The van der Waals surface area contributed by atoms with Gasteiger partial charge in [0.15, 0.2) is 0 Å². The van der Waals surface area contributed by atoms with Gasteiger partial charge in [-0.2, -0.15) is 0 Å². The molecule has 2 aromatic carbocycles. The molecule has 3 rings (SSSR count).